The summed E-state index contributed by atoms with van der Waals surface area (Å²) in [5.41, 5.74) is 0. The zero-order valence-corrected chi connectivity index (χ0v) is 9.82. The van der Waals surface area contributed by atoms with Crippen molar-refractivity contribution in [1.82, 2.24) is 0 Å². The predicted molar refractivity (Wildman–Crippen MR) is 56.4 cm³/mol. The summed E-state index contributed by atoms with van der Waals surface area (Å²) in [4.78, 5) is 22.0. The van der Waals surface area contributed by atoms with Gasteiger partial charge in [-0.05, 0) is 12.3 Å². The van der Waals surface area contributed by atoms with Crippen LogP contribution in [-0.4, -0.2) is 23.7 Å². The number of hydrogen-bond donors (Lipinski definition) is 1. The Kier molecular flexibility index (Phi) is 5.97. The SMILES string of the molecule is CC(C)COC(=O)[C@@H](C)C[C@H](C)C(=O)O. The number of carboxylic acid groups (broad SMARTS) is 1. The minimum atomic E-state index is -0.876. The summed E-state index contributed by atoms with van der Waals surface area (Å²) in [5.74, 6) is -1.74. The van der Waals surface area contributed by atoms with Crippen molar-refractivity contribution in [3.8, 4) is 0 Å². The summed E-state index contributed by atoms with van der Waals surface area (Å²) >= 11 is 0. The van der Waals surface area contributed by atoms with Gasteiger partial charge >= 0.3 is 11.9 Å². The predicted octanol–water partition coefficient (Wildman–Crippen LogP) is 1.93. The monoisotopic (exact) mass is 216 g/mol. The molecule has 4 nitrogen and oxygen atoms in total. The Balaban J connectivity index is 3.93. The Labute approximate surface area is 90.6 Å². The highest BCUT2D eigenvalue weighted by Gasteiger charge is 2.21. The molecule has 0 aliphatic carbocycles. The Morgan fingerprint density at radius 3 is 2.07 bits per heavy atom. The van der Waals surface area contributed by atoms with Crippen LogP contribution in [-0.2, 0) is 14.3 Å². The van der Waals surface area contributed by atoms with Crippen molar-refractivity contribution in [3.05, 3.63) is 0 Å². The minimum Gasteiger partial charge on any atom is -0.481 e. The van der Waals surface area contributed by atoms with Gasteiger partial charge in [0.05, 0.1) is 18.4 Å². The van der Waals surface area contributed by atoms with Gasteiger partial charge in [-0.2, -0.15) is 0 Å². The first-order valence-corrected chi connectivity index (χ1v) is 5.24. The molecular weight excluding hydrogens is 196 g/mol. The van der Waals surface area contributed by atoms with Gasteiger partial charge in [0.1, 0.15) is 0 Å². The van der Waals surface area contributed by atoms with Gasteiger partial charge in [0.2, 0.25) is 0 Å². The van der Waals surface area contributed by atoms with Gasteiger partial charge in [-0.3, -0.25) is 9.59 Å². The molecule has 0 aromatic heterocycles. The van der Waals surface area contributed by atoms with Crippen LogP contribution < -0.4 is 0 Å². The zero-order valence-electron chi connectivity index (χ0n) is 9.82. The fraction of sp³-hybridized carbons (Fsp3) is 0.818. The second-order valence-electron chi connectivity index (χ2n) is 4.40. The van der Waals surface area contributed by atoms with Crippen LogP contribution in [0.3, 0.4) is 0 Å². The third-order valence-electron chi connectivity index (χ3n) is 2.09. The Morgan fingerprint density at radius 2 is 1.67 bits per heavy atom. The van der Waals surface area contributed by atoms with Crippen LogP contribution in [0, 0.1) is 17.8 Å². The summed E-state index contributed by atoms with van der Waals surface area (Å²) in [7, 11) is 0. The van der Waals surface area contributed by atoms with Crippen LogP contribution in [0.2, 0.25) is 0 Å². The lowest BCUT2D eigenvalue weighted by Crippen LogP contribution is -2.22. The van der Waals surface area contributed by atoms with E-state index in [1.807, 2.05) is 13.8 Å². The lowest BCUT2D eigenvalue weighted by Gasteiger charge is -2.14. The maximum absolute atomic E-state index is 11.4. The molecule has 0 heterocycles. The molecule has 1 N–H and O–H groups in total. The zero-order chi connectivity index (χ0) is 12.0. The summed E-state index contributed by atoms with van der Waals surface area (Å²) in [5, 5.41) is 8.68. The van der Waals surface area contributed by atoms with Crippen molar-refractivity contribution < 1.29 is 19.4 Å². The molecule has 0 aliphatic rings. The fourth-order valence-corrected chi connectivity index (χ4v) is 1.12. The van der Waals surface area contributed by atoms with Crippen molar-refractivity contribution in [3.63, 3.8) is 0 Å². The number of ether oxygens (including phenoxy) is 1. The Hall–Kier alpha value is -1.06. The van der Waals surface area contributed by atoms with Gasteiger partial charge in [-0.15, -0.1) is 0 Å². The Morgan fingerprint density at radius 1 is 1.13 bits per heavy atom. The number of rotatable bonds is 6. The summed E-state index contributed by atoms with van der Waals surface area (Å²) in [6.07, 6.45) is 0.326. The van der Waals surface area contributed by atoms with E-state index in [9.17, 15) is 9.59 Å². The maximum Gasteiger partial charge on any atom is 0.308 e. The molecule has 0 amide bonds. The van der Waals surface area contributed by atoms with E-state index in [4.69, 9.17) is 9.84 Å². The summed E-state index contributed by atoms with van der Waals surface area (Å²) < 4.78 is 5.01. The van der Waals surface area contributed by atoms with Crippen molar-refractivity contribution in [2.24, 2.45) is 17.8 Å². The lowest BCUT2D eigenvalue weighted by molar-refractivity contribution is -0.150. The van der Waals surface area contributed by atoms with Crippen LogP contribution in [0.25, 0.3) is 0 Å². The molecular formula is C11H20O4. The third-order valence-corrected chi connectivity index (χ3v) is 2.09. The Bertz CT molecular complexity index is 223. The smallest absolute Gasteiger partial charge is 0.308 e. The number of carboxylic acids is 1. The molecule has 0 aromatic carbocycles. The largest absolute Gasteiger partial charge is 0.481 e. The van der Waals surface area contributed by atoms with E-state index < -0.39 is 11.9 Å². The van der Waals surface area contributed by atoms with Crippen molar-refractivity contribution in [2.75, 3.05) is 6.61 Å². The molecule has 15 heavy (non-hydrogen) atoms. The van der Waals surface area contributed by atoms with Gasteiger partial charge < -0.3 is 9.84 Å². The van der Waals surface area contributed by atoms with Gasteiger partial charge in [0.15, 0.2) is 0 Å². The van der Waals surface area contributed by atoms with E-state index in [1.54, 1.807) is 13.8 Å². The fourth-order valence-electron chi connectivity index (χ4n) is 1.12. The summed E-state index contributed by atoms with van der Waals surface area (Å²) in [6, 6.07) is 0. The van der Waals surface area contributed by atoms with Crippen LogP contribution in [0.4, 0.5) is 0 Å². The highest BCUT2D eigenvalue weighted by atomic mass is 16.5. The molecule has 0 bridgehead atoms. The molecule has 0 spiro atoms. The highest BCUT2D eigenvalue weighted by molar-refractivity contribution is 5.74. The number of hydrogen-bond acceptors (Lipinski definition) is 3. The van der Waals surface area contributed by atoms with Crippen LogP contribution in [0.15, 0.2) is 0 Å². The first kappa shape index (κ1) is 13.9. The summed E-state index contributed by atoms with van der Waals surface area (Å²) in [6.45, 7) is 7.59. The molecule has 0 saturated heterocycles. The molecule has 0 saturated carbocycles. The van der Waals surface area contributed by atoms with Crippen molar-refractivity contribution in [1.29, 1.82) is 0 Å². The van der Waals surface area contributed by atoms with E-state index in [2.05, 4.69) is 0 Å². The molecule has 88 valence electrons. The van der Waals surface area contributed by atoms with Crippen LogP contribution in [0.5, 0.6) is 0 Å². The van der Waals surface area contributed by atoms with E-state index in [0.717, 1.165) is 0 Å². The van der Waals surface area contributed by atoms with Gasteiger partial charge in [-0.25, -0.2) is 0 Å². The second kappa shape index (κ2) is 6.43. The maximum atomic E-state index is 11.4. The quantitative estimate of drug-likeness (QED) is 0.689. The van der Waals surface area contributed by atoms with E-state index >= 15 is 0 Å². The average molecular weight is 216 g/mol. The first-order chi connectivity index (χ1) is 6.84. The van der Waals surface area contributed by atoms with Crippen LogP contribution in [0.1, 0.15) is 34.1 Å². The number of aliphatic carboxylic acids is 1. The molecule has 0 unspecified atom stereocenters. The number of esters is 1. The van der Waals surface area contributed by atoms with Crippen molar-refractivity contribution >= 4 is 11.9 Å². The average Bonchev–Trinajstić information content (AvgIpc) is 2.13. The second-order valence-corrected chi connectivity index (χ2v) is 4.40. The van der Waals surface area contributed by atoms with E-state index in [0.29, 0.717) is 18.9 Å². The van der Waals surface area contributed by atoms with Gasteiger partial charge in [-0.1, -0.05) is 27.7 Å². The van der Waals surface area contributed by atoms with Gasteiger partial charge in [0.25, 0.3) is 0 Å². The molecule has 0 aromatic rings. The normalized spacial score (nSPS) is 14.7. The van der Waals surface area contributed by atoms with Crippen LogP contribution >= 0.6 is 0 Å². The number of carbonyl (C=O) groups is 2. The van der Waals surface area contributed by atoms with Crippen molar-refractivity contribution in [2.45, 2.75) is 34.1 Å². The molecule has 4 heteroatoms. The third kappa shape index (κ3) is 6.10. The minimum absolute atomic E-state index is 0.304. The first-order valence-electron chi connectivity index (χ1n) is 5.24. The topological polar surface area (TPSA) is 63.6 Å². The number of carbonyl (C=O) groups excluding carboxylic acids is 1. The molecule has 2 atom stereocenters. The lowest BCUT2D eigenvalue weighted by atomic mass is 9.98. The molecule has 0 aliphatic heterocycles. The standard InChI is InChI=1S/C11H20O4/c1-7(2)6-15-11(14)9(4)5-8(3)10(12)13/h7-9H,5-6H2,1-4H3,(H,12,13)/t8-,9-/m0/s1. The molecule has 0 fully saturated rings. The van der Waals surface area contributed by atoms with Gasteiger partial charge in [0, 0.05) is 0 Å². The highest BCUT2D eigenvalue weighted by Crippen LogP contribution is 2.13. The molecule has 0 rings (SSSR count). The molecule has 0 radical (unpaired) electrons. The van der Waals surface area contributed by atoms with E-state index in [-0.39, 0.29) is 11.9 Å². The van der Waals surface area contributed by atoms with E-state index in [1.165, 1.54) is 0 Å².